The predicted molar refractivity (Wildman–Crippen MR) is 78.9 cm³/mol. The Kier molecular flexibility index (Phi) is 4.35. The van der Waals surface area contributed by atoms with Gasteiger partial charge in [0.05, 0.1) is 13.5 Å². The van der Waals surface area contributed by atoms with Crippen LogP contribution in [0.3, 0.4) is 0 Å². The number of nitrogens with zero attached hydrogens (tertiary/aromatic N) is 1. The summed E-state index contributed by atoms with van der Waals surface area (Å²) in [5.41, 5.74) is 2.04. The van der Waals surface area contributed by atoms with Crippen LogP contribution < -0.4 is 15.5 Å². The quantitative estimate of drug-likeness (QED) is 0.794. The van der Waals surface area contributed by atoms with Crippen LogP contribution in [0.15, 0.2) is 24.3 Å². The number of hydrogen-bond acceptors (Lipinski definition) is 4. The molecule has 1 fully saturated rings. The predicted octanol–water partition coefficient (Wildman–Crippen LogP) is 0.989. The first-order valence-electron chi connectivity index (χ1n) is 6.99. The molecule has 4 amide bonds. The van der Waals surface area contributed by atoms with Gasteiger partial charge in [-0.25, -0.2) is 4.79 Å². The van der Waals surface area contributed by atoms with Crippen molar-refractivity contribution in [3.8, 4) is 5.75 Å². The Bertz CT molecular complexity index is 617. The smallest absolute Gasteiger partial charge is 0.344 e. The number of carbonyl (C=O) groups excluding carboxylic acids is 3. The minimum atomic E-state index is -0.977. The first-order valence-corrected chi connectivity index (χ1v) is 6.99. The molecule has 0 saturated carbocycles. The largest absolute Gasteiger partial charge is 0.496 e. The van der Waals surface area contributed by atoms with Gasteiger partial charge >= 0.3 is 6.03 Å². The van der Waals surface area contributed by atoms with Gasteiger partial charge in [-0.15, -0.1) is 0 Å². The lowest BCUT2D eigenvalue weighted by atomic mass is 10.00. The molecule has 1 aliphatic heterocycles. The topological polar surface area (TPSA) is 87.7 Å². The molecule has 0 aromatic heterocycles. The van der Waals surface area contributed by atoms with E-state index in [1.807, 2.05) is 0 Å². The average Bonchev–Trinajstić information content (AvgIpc) is 2.72. The second kappa shape index (κ2) is 6.05. The van der Waals surface area contributed by atoms with Crippen LogP contribution in [-0.2, 0) is 16.0 Å². The Hall–Kier alpha value is -2.57. The van der Waals surface area contributed by atoms with Crippen molar-refractivity contribution in [2.75, 3.05) is 7.11 Å². The molecular formula is C15H19N3O4. The van der Waals surface area contributed by atoms with E-state index in [1.165, 1.54) is 7.11 Å². The zero-order valence-corrected chi connectivity index (χ0v) is 12.8. The number of carbonyl (C=O) groups is 3. The fraction of sp³-hybridized carbons (Fsp3) is 0.400. The summed E-state index contributed by atoms with van der Waals surface area (Å²) in [6, 6.07) is 6.45. The summed E-state index contributed by atoms with van der Waals surface area (Å²) in [7, 11) is 1.51. The van der Waals surface area contributed by atoms with Gasteiger partial charge in [0.2, 0.25) is 5.91 Å². The summed E-state index contributed by atoms with van der Waals surface area (Å²) in [5.74, 6) is -0.352. The third kappa shape index (κ3) is 2.88. The Morgan fingerprint density at radius 3 is 2.64 bits per heavy atom. The maximum atomic E-state index is 12.2. The number of benzene rings is 1. The number of rotatable bonds is 5. The first kappa shape index (κ1) is 15.8. The van der Waals surface area contributed by atoms with Crippen LogP contribution in [0.2, 0.25) is 0 Å². The molecular weight excluding hydrogens is 286 g/mol. The van der Waals surface area contributed by atoms with Gasteiger partial charge in [-0.1, -0.05) is 25.1 Å². The SMILES string of the molecule is CCC1(C)NC(=O)N(NC(=O)Cc2ccccc2OC)C1=O. The molecule has 7 heteroatoms. The van der Waals surface area contributed by atoms with Gasteiger partial charge in [0.15, 0.2) is 0 Å². The highest BCUT2D eigenvalue weighted by Gasteiger charge is 2.47. The summed E-state index contributed by atoms with van der Waals surface area (Å²) in [6.07, 6.45) is 0.445. The van der Waals surface area contributed by atoms with E-state index < -0.39 is 23.4 Å². The van der Waals surface area contributed by atoms with E-state index in [-0.39, 0.29) is 6.42 Å². The molecule has 0 spiro atoms. The second-order valence-electron chi connectivity index (χ2n) is 5.28. The lowest BCUT2D eigenvalue weighted by Crippen LogP contribution is -2.49. The fourth-order valence-corrected chi connectivity index (χ4v) is 2.21. The van der Waals surface area contributed by atoms with E-state index in [1.54, 1.807) is 38.1 Å². The van der Waals surface area contributed by atoms with Gasteiger partial charge in [-0.3, -0.25) is 15.0 Å². The van der Waals surface area contributed by atoms with Crippen molar-refractivity contribution in [3.05, 3.63) is 29.8 Å². The third-order valence-corrected chi connectivity index (χ3v) is 3.75. The van der Waals surface area contributed by atoms with E-state index in [0.29, 0.717) is 17.7 Å². The Balaban J connectivity index is 2.07. The van der Waals surface area contributed by atoms with Gasteiger partial charge in [0, 0.05) is 5.56 Å². The van der Waals surface area contributed by atoms with Crippen LogP contribution in [0.25, 0.3) is 0 Å². The number of amides is 4. The number of hydrogen-bond donors (Lipinski definition) is 2. The van der Waals surface area contributed by atoms with Crippen molar-refractivity contribution in [1.29, 1.82) is 0 Å². The van der Waals surface area contributed by atoms with Crippen LogP contribution in [-0.4, -0.2) is 35.5 Å². The van der Waals surface area contributed by atoms with Crippen LogP contribution in [0, 0.1) is 0 Å². The highest BCUT2D eigenvalue weighted by Crippen LogP contribution is 2.20. The number of ether oxygens (including phenoxy) is 1. The molecule has 22 heavy (non-hydrogen) atoms. The summed E-state index contributed by atoms with van der Waals surface area (Å²) in [4.78, 5) is 36.1. The monoisotopic (exact) mass is 305 g/mol. The van der Waals surface area contributed by atoms with Gasteiger partial charge in [0.1, 0.15) is 11.3 Å². The van der Waals surface area contributed by atoms with Crippen molar-refractivity contribution in [2.45, 2.75) is 32.2 Å². The molecule has 1 aromatic rings. The van der Waals surface area contributed by atoms with E-state index in [2.05, 4.69) is 10.7 Å². The highest BCUT2D eigenvalue weighted by molar-refractivity contribution is 6.07. The normalized spacial score (nSPS) is 20.8. The van der Waals surface area contributed by atoms with Gasteiger partial charge in [-0.2, -0.15) is 5.01 Å². The Morgan fingerprint density at radius 1 is 1.36 bits per heavy atom. The molecule has 0 radical (unpaired) electrons. The Morgan fingerprint density at radius 2 is 2.05 bits per heavy atom. The van der Waals surface area contributed by atoms with Crippen LogP contribution in [0.4, 0.5) is 4.79 Å². The van der Waals surface area contributed by atoms with Crippen molar-refractivity contribution < 1.29 is 19.1 Å². The van der Waals surface area contributed by atoms with Crippen LogP contribution in [0.1, 0.15) is 25.8 Å². The van der Waals surface area contributed by atoms with Gasteiger partial charge in [-0.05, 0) is 19.4 Å². The van der Waals surface area contributed by atoms with Crippen molar-refractivity contribution in [2.24, 2.45) is 0 Å². The summed E-state index contributed by atoms with van der Waals surface area (Å²) >= 11 is 0. The molecule has 0 aliphatic carbocycles. The molecule has 1 atom stereocenters. The van der Waals surface area contributed by atoms with Crippen LogP contribution >= 0.6 is 0 Å². The van der Waals surface area contributed by atoms with E-state index >= 15 is 0 Å². The van der Waals surface area contributed by atoms with Crippen molar-refractivity contribution >= 4 is 17.8 Å². The van der Waals surface area contributed by atoms with E-state index in [9.17, 15) is 14.4 Å². The number of imide groups is 1. The molecule has 1 heterocycles. The van der Waals surface area contributed by atoms with Gasteiger partial charge < -0.3 is 10.1 Å². The zero-order chi connectivity index (χ0) is 16.3. The molecule has 1 saturated heterocycles. The van der Waals surface area contributed by atoms with E-state index in [0.717, 1.165) is 5.01 Å². The summed E-state index contributed by atoms with van der Waals surface area (Å²) in [5, 5.41) is 3.31. The van der Waals surface area contributed by atoms with Gasteiger partial charge in [0.25, 0.3) is 5.91 Å². The summed E-state index contributed by atoms with van der Waals surface area (Å²) < 4.78 is 5.17. The lowest BCUT2D eigenvalue weighted by molar-refractivity contribution is -0.138. The molecule has 1 unspecified atom stereocenters. The second-order valence-corrected chi connectivity index (χ2v) is 5.28. The molecule has 118 valence electrons. The van der Waals surface area contributed by atoms with Crippen molar-refractivity contribution in [3.63, 3.8) is 0 Å². The number of urea groups is 1. The fourth-order valence-electron chi connectivity index (χ4n) is 2.21. The minimum absolute atomic E-state index is 0.00388. The molecule has 2 rings (SSSR count). The van der Waals surface area contributed by atoms with E-state index in [4.69, 9.17) is 4.74 Å². The molecule has 1 aromatic carbocycles. The lowest BCUT2D eigenvalue weighted by Gasteiger charge is -2.19. The molecule has 2 N–H and O–H groups in total. The van der Waals surface area contributed by atoms with Crippen LogP contribution in [0.5, 0.6) is 5.75 Å². The standard InChI is InChI=1S/C15H19N3O4/c1-4-15(2)13(20)18(14(21)16-15)17-12(19)9-10-7-5-6-8-11(10)22-3/h5-8H,4,9H2,1-3H3,(H,16,21)(H,17,19). The third-order valence-electron chi connectivity index (χ3n) is 3.75. The number of methoxy groups -OCH3 is 1. The Labute approximate surface area is 128 Å². The highest BCUT2D eigenvalue weighted by atomic mass is 16.5. The maximum Gasteiger partial charge on any atom is 0.344 e. The number of hydrazine groups is 1. The minimum Gasteiger partial charge on any atom is -0.496 e. The summed E-state index contributed by atoms with van der Waals surface area (Å²) in [6.45, 7) is 3.41. The van der Waals surface area contributed by atoms with Crippen molar-refractivity contribution in [1.82, 2.24) is 15.8 Å². The maximum absolute atomic E-state index is 12.2. The zero-order valence-electron chi connectivity index (χ0n) is 12.8. The number of nitrogens with one attached hydrogen (secondary N) is 2. The number of para-hydroxylation sites is 1. The average molecular weight is 305 g/mol. The molecule has 0 bridgehead atoms. The first-order chi connectivity index (χ1) is 10.4. The molecule has 1 aliphatic rings. The molecule has 7 nitrogen and oxygen atoms in total.